The number of hydrazone groups is 1. The van der Waals surface area contributed by atoms with E-state index in [1.807, 2.05) is 37.3 Å². The second kappa shape index (κ2) is 8.27. The van der Waals surface area contributed by atoms with E-state index in [9.17, 15) is 0 Å². The lowest BCUT2D eigenvalue weighted by molar-refractivity contribution is 0.769. The van der Waals surface area contributed by atoms with Gasteiger partial charge in [-0.3, -0.25) is 0 Å². The van der Waals surface area contributed by atoms with Crippen LogP contribution in [0.25, 0.3) is 0 Å². The lowest BCUT2D eigenvalue weighted by Gasteiger charge is -2.07. The van der Waals surface area contributed by atoms with Crippen LogP contribution in [0.5, 0.6) is 0 Å². The molecule has 0 saturated carbocycles. The Kier molecular flexibility index (Phi) is 6.07. The molecule has 0 bridgehead atoms. The molecule has 4 nitrogen and oxygen atoms in total. The minimum Gasteiger partial charge on any atom is -0.245 e. The van der Waals surface area contributed by atoms with Crippen LogP contribution in [0, 0.1) is 0 Å². The normalized spacial score (nSPS) is 11.5. The summed E-state index contributed by atoms with van der Waals surface area (Å²) in [5.41, 5.74) is 7.15. The van der Waals surface area contributed by atoms with Crippen molar-refractivity contribution in [1.29, 1.82) is 0 Å². The molecule has 2 rings (SSSR count). The van der Waals surface area contributed by atoms with Gasteiger partial charge in [0.1, 0.15) is 0 Å². The van der Waals surface area contributed by atoms with Gasteiger partial charge in [0.15, 0.2) is 0 Å². The molecule has 1 aromatic heterocycles. The number of anilines is 1. The van der Waals surface area contributed by atoms with Crippen LogP contribution in [0.2, 0.25) is 0 Å². The summed E-state index contributed by atoms with van der Waals surface area (Å²) in [5.74, 6) is 0.584. The Morgan fingerprint density at radius 3 is 2.50 bits per heavy atom. The Hall–Kier alpha value is -2.23. The molecule has 116 valence electrons. The molecule has 0 saturated heterocycles. The van der Waals surface area contributed by atoms with Crippen molar-refractivity contribution in [3.63, 3.8) is 0 Å². The zero-order valence-corrected chi connectivity index (χ0v) is 13.6. The number of aromatic nitrogens is 2. The highest BCUT2D eigenvalue weighted by Crippen LogP contribution is 2.10. The van der Waals surface area contributed by atoms with Gasteiger partial charge in [-0.1, -0.05) is 50.6 Å². The highest BCUT2D eigenvalue weighted by Gasteiger charge is 2.04. The molecule has 0 fully saturated rings. The van der Waals surface area contributed by atoms with E-state index in [0.29, 0.717) is 5.95 Å². The smallest absolute Gasteiger partial charge is 0.243 e. The number of aryl methyl sites for hydroxylation is 2. The van der Waals surface area contributed by atoms with Crippen molar-refractivity contribution in [3.8, 4) is 0 Å². The molecule has 0 aliphatic rings. The molecule has 0 atom stereocenters. The second-order valence-electron chi connectivity index (χ2n) is 5.31. The summed E-state index contributed by atoms with van der Waals surface area (Å²) in [5, 5.41) is 4.40. The molecular weight excluding hydrogens is 272 g/mol. The fourth-order valence-electron chi connectivity index (χ4n) is 2.15. The van der Waals surface area contributed by atoms with E-state index in [4.69, 9.17) is 0 Å². The molecule has 0 spiro atoms. The van der Waals surface area contributed by atoms with Crippen LogP contribution in [0.15, 0.2) is 41.5 Å². The van der Waals surface area contributed by atoms with Gasteiger partial charge in [-0.15, -0.1) is 0 Å². The Morgan fingerprint density at radius 1 is 1.09 bits per heavy atom. The summed E-state index contributed by atoms with van der Waals surface area (Å²) in [6.07, 6.45) is 4.20. The minimum atomic E-state index is 0.584. The van der Waals surface area contributed by atoms with Gasteiger partial charge in [0, 0.05) is 11.4 Å². The van der Waals surface area contributed by atoms with Crippen molar-refractivity contribution in [2.75, 3.05) is 5.43 Å². The molecule has 0 unspecified atom stereocenters. The number of unbranched alkanes of at least 4 members (excludes halogenated alkanes) is 1. The molecule has 0 radical (unpaired) electrons. The monoisotopic (exact) mass is 296 g/mol. The average Bonchev–Trinajstić information content (AvgIpc) is 2.58. The first-order valence-electron chi connectivity index (χ1n) is 7.95. The Bertz CT molecular complexity index is 620. The van der Waals surface area contributed by atoms with Crippen molar-refractivity contribution in [2.24, 2.45) is 5.10 Å². The predicted molar refractivity (Wildman–Crippen MR) is 92.3 cm³/mol. The molecule has 0 aliphatic carbocycles. The van der Waals surface area contributed by atoms with Gasteiger partial charge in [-0.05, 0) is 37.8 Å². The third kappa shape index (κ3) is 4.65. The van der Waals surface area contributed by atoms with Crippen LogP contribution < -0.4 is 5.43 Å². The predicted octanol–water partition coefficient (Wildman–Crippen LogP) is 4.22. The van der Waals surface area contributed by atoms with Gasteiger partial charge in [0.05, 0.1) is 5.71 Å². The topological polar surface area (TPSA) is 50.2 Å². The number of nitrogens with one attached hydrogen (secondary N) is 1. The first-order chi connectivity index (χ1) is 10.7. The van der Waals surface area contributed by atoms with E-state index in [0.717, 1.165) is 41.9 Å². The first-order valence-corrected chi connectivity index (χ1v) is 7.95. The third-order valence-corrected chi connectivity index (χ3v) is 3.50. The molecule has 4 heteroatoms. The van der Waals surface area contributed by atoms with Gasteiger partial charge < -0.3 is 0 Å². The van der Waals surface area contributed by atoms with Crippen molar-refractivity contribution < 1.29 is 0 Å². The maximum atomic E-state index is 4.56. The maximum Gasteiger partial charge on any atom is 0.243 e. The SMILES string of the molecule is CCCCc1cc(CC)nc(NN=C(C)c2ccccc2)n1. The minimum absolute atomic E-state index is 0.584. The molecule has 0 amide bonds. The fraction of sp³-hybridized carbons (Fsp3) is 0.389. The quantitative estimate of drug-likeness (QED) is 0.615. The van der Waals surface area contributed by atoms with Crippen LogP contribution in [-0.4, -0.2) is 15.7 Å². The highest BCUT2D eigenvalue weighted by atomic mass is 15.4. The third-order valence-electron chi connectivity index (χ3n) is 3.50. The van der Waals surface area contributed by atoms with Gasteiger partial charge in [-0.25, -0.2) is 15.4 Å². The molecular formula is C18H24N4. The second-order valence-corrected chi connectivity index (χ2v) is 5.31. The molecule has 2 aromatic rings. The zero-order chi connectivity index (χ0) is 15.8. The summed E-state index contributed by atoms with van der Waals surface area (Å²) < 4.78 is 0. The Balaban J connectivity index is 2.14. The molecule has 1 aromatic carbocycles. The van der Waals surface area contributed by atoms with E-state index < -0.39 is 0 Å². The van der Waals surface area contributed by atoms with E-state index in [-0.39, 0.29) is 0 Å². The van der Waals surface area contributed by atoms with Crippen LogP contribution in [0.4, 0.5) is 5.95 Å². The highest BCUT2D eigenvalue weighted by molar-refractivity contribution is 5.98. The number of rotatable bonds is 7. The van der Waals surface area contributed by atoms with Crippen molar-refractivity contribution in [1.82, 2.24) is 9.97 Å². The number of benzene rings is 1. The first kappa shape index (κ1) is 16.1. The number of hydrogen-bond donors (Lipinski definition) is 1. The van der Waals surface area contributed by atoms with Crippen LogP contribution in [0.1, 0.15) is 50.6 Å². The average molecular weight is 296 g/mol. The van der Waals surface area contributed by atoms with Gasteiger partial charge >= 0.3 is 0 Å². The van der Waals surface area contributed by atoms with Crippen molar-refractivity contribution >= 4 is 11.7 Å². The Labute approximate surface area is 132 Å². The zero-order valence-electron chi connectivity index (χ0n) is 13.6. The van der Waals surface area contributed by atoms with Crippen LogP contribution in [0.3, 0.4) is 0 Å². The molecule has 1 heterocycles. The molecule has 0 aliphatic heterocycles. The van der Waals surface area contributed by atoms with Gasteiger partial charge in [0.25, 0.3) is 0 Å². The van der Waals surface area contributed by atoms with E-state index in [1.54, 1.807) is 0 Å². The van der Waals surface area contributed by atoms with E-state index in [2.05, 4.69) is 40.4 Å². The lowest BCUT2D eigenvalue weighted by Crippen LogP contribution is -2.05. The summed E-state index contributed by atoms with van der Waals surface area (Å²) in [4.78, 5) is 9.05. The van der Waals surface area contributed by atoms with Gasteiger partial charge in [-0.2, -0.15) is 5.10 Å². The summed E-state index contributed by atoms with van der Waals surface area (Å²) in [6.45, 7) is 6.27. The van der Waals surface area contributed by atoms with Gasteiger partial charge in [0.2, 0.25) is 5.95 Å². The number of nitrogens with zero attached hydrogens (tertiary/aromatic N) is 3. The largest absolute Gasteiger partial charge is 0.245 e. The van der Waals surface area contributed by atoms with Crippen molar-refractivity contribution in [2.45, 2.75) is 46.5 Å². The number of hydrogen-bond acceptors (Lipinski definition) is 4. The summed E-state index contributed by atoms with van der Waals surface area (Å²) in [6, 6.07) is 12.2. The maximum absolute atomic E-state index is 4.56. The Morgan fingerprint density at radius 2 is 1.82 bits per heavy atom. The molecule has 22 heavy (non-hydrogen) atoms. The van der Waals surface area contributed by atoms with E-state index in [1.165, 1.54) is 6.42 Å². The molecule has 1 N–H and O–H groups in total. The van der Waals surface area contributed by atoms with Crippen LogP contribution in [-0.2, 0) is 12.8 Å². The fourth-order valence-corrected chi connectivity index (χ4v) is 2.15. The summed E-state index contributed by atoms with van der Waals surface area (Å²) >= 11 is 0. The summed E-state index contributed by atoms with van der Waals surface area (Å²) in [7, 11) is 0. The lowest BCUT2D eigenvalue weighted by atomic mass is 10.1. The standard InChI is InChI=1S/C18H24N4/c1-4-6-12-17-13-16(5-2)19-18(20-17)22-21-14(3)15-10-8-7-9-11-15/h7-11,13H,4-6,12H2,1-3H3,(H,19,20,22). The van der Waals surface area contributed by atoms with Crippen LogP contribution >= 0.6 is 0 Å². The van der Waals surface area contributed by atoms with Crippen molar-refractivity contribution in [3.05, 3.63) is 53.3 Å². The van der Waals surface area contributed by atoms with E-state index >= 15 is 0 Å².